The first-order chi connectivity index (χ1) is 5.79. The number of aryl methyl sites for hydroxylation is 1. The molecule has 0 amide bonds. The molecule has 1 aromatic rings. The fourth-order valence-electron chi connectivity index (χ4n) is 1.34. The third kappa shape index (κ3) is 1.09. The van der Waals surface area contributed by atoms with Gasteiger partial charge in [0.2, 0.25) is 0 Å². The van der Waals surface area contributed by atoms with Crippen molar-refractivity contribution in [3.63, 3.8) is 0 Å². The van der Waals surface area contributed by atoms with Gasteiger partial charge in [0, 0.05) is 7.05 Å². The maximum Gasteiger partial charge on any atom is 0.158 e. The largest absolute Gasteiger partial charge is 0.390 e. The van der Waals surface area contributed by atoms with Gasteiger partial charge in [-0.2, -0.15) is 0 Å². The topological polar surface area (TPSA) is 73.1 Å². The maximum atomic E-state index is 9.45. The van der Waals surface area contributed by atoms with Crippen molar-refractivity contribution in [3.8, 4) is 0 Å². The lowest BCUT2D eigenvalue weighted by Crippen LogP contribution is -2.19. The van der Waals surface area contributed by atoms with Crippen LogP contribution in [0.4, 0.5) is 0 Å². The molecule has 1 saturated heterocycles. The maximum absolute atomic E-state index is 9.45. The van der Waals surface area contributed by atoms with Gasteiger partial charge in [0.15, 0.2) is 5.82 Å². The van der Waals surface area contributed by atoms with Crippen molar-refractivity contribution in [2.45, 2.75) is 12.0 Å². The minimum absolute atomic E-state index is 0.0787. The summed E-state index contributed by atoms with van der Waals surface area (Å²) in [5.41, 5.74) is 0. The van der Waals surface area contributed by atoms with Crippen LogP contribution in [-0.2, 0) is 11.8 Å². The Kier molecular flexibility index (Phi) is 1.78. The van der Waals surface area contributed by atoms with Gasteiger partial charge < -0.3 is 9.84 Å². The van der Waals surface area contributed by atoms with E-state index in [2.05, 4.69) is 15.5 Å². The average Bonchev–Trinajstić information content (AvgIpc) is 2.59. The fourth-order valence-corrected chi connectivity index (χ4v) is 1.34. The van der Waals surface area contributed by atoms with E-state index in [0.717, 1.165) is 0 Å². The smallest absolute Gasteiger partial charge is 0.158 e. The monoisotopic (exact) mass is 170 g/mol. The normalized spacial score (nSPS) is 29.5. The Morgan fingerprint density at radius 2 is 2.42 bits per heavy atom. The molecule has 66 valence electrons. The minimum Gasteiger partial charge on any atom is -0.390 e. The summed E-state index contributed by atoms with van der Waals surface area (Å²) in [6.07, 6.45) is -0.477. The predicted molar refractivity (Wildman–Crippen MR) is 38.4 cm³/mol. The van der Waals surface area contributed by atoms with E-state index < -0.39 is 6.10 Å². The molecule has 0 spiro atoms. The van der Waals surface area contributed by atoms with E-state index in [1.54, 1.807) is 11.7 Å². The Morgan fingerprint density at radius 1 is 1.58 bits per heavy atom. The molecule has 0 aliphatic carbocycles. The van der Waals surface area contributed by atoms with Crippen molar-refractivity contribution in [2.24, 2.45) is 7.05 Å². The van der Waals surface area contributed by atoms with Crippen LogP contribution in [0.3, 0.4) is 0 Å². The molecule has 1 aromatic heterocycles. The molecule has 1 aliphatic heterocycles. The van der Waals surface area contributed by atoms with Gasteiger partial charge >= 0.3 is 0 Å². The summed E-state index contributed by atoms with van der Waals surface area (Å²) in [5, 5.41) is 20.4. The van der Waals surface area contributed by atoms with Gasteiger partial charge in [-0.1, -0.05) is 0 Å². The lowest BCUT2D eigenvalue weighted by molar-refractivity contribution is 0.124. The summed E-state index contributed by atoms with van der Waals surface area (Å²) in [6, 6.07) is 0. The minimum atomic E-state index is -0.477. The number of aliphatic hydroxyl groups excluding tert-OH is 1. The van der Waals surface area contributed by atoms with Crippen LogP contribution >= 0.6 is 0 Å². The van der Waals surface area contributed by atoms with E-state index in [0.29, 0.717) is 19.0 Å². The van der Waals surface area contributed by atoms with Gasteiger partial charge in [0.1, 0.15) is 0 Å². The zero-order chi connectivity index (χ0) is 8.55. The van der Waals surface area contributed by atoms with Crippen molar-refractivity contribution in [1.29, 1.82) is 0 Å². The number of tetrazole rings is 1. The molecule has 0 bridgehead atoms. The number of hydrogen-bond donors (Lipinski definition) is 1. The van der Waals surface area contributed by atoms with Gasteiger partial charge in [-0.15, -0.1) is 5.10 Å². The molecule has 2 heterocycles. The second-order valence-corrected chi connectivity index (χ2v) is 2.87. The Labute approximate surface area is 69.1 Å². The average molecular weight is 170 g/mol. The Hall–Kier alpha value is -1.01. The SMILES string of the molecule is Cn1nnnc1[C@@H]1COC[C@H]1O. The molecule has 0 aromatic carbocycles. The highest BCUT2D eigenvalue weighted by Crippen LogP contribution is 2.22. The van der Waals surface area contributed by atoms with E-state index >= 15 is 0 Å². The molecule has 0 unspecified atom stereocenters. The zero-order valence-electron chi connectivity index (χ0n) is 6.71. The number of aromatic nitrogens is 4. The highest BCUT2D eigenvalue weighted by molar-refractivity contribution is 4.99. The highest BCUT2D eigenvalue weighted by atomic mass is 16.5. The van der Waals surface area contributed by atoms with Gasteiger partial charge in [-0.3, -0.25) is 0 Å². The molecule has 2 rings (SSSR count). The van der Waals surface area contributed by atoms with Gasteiger partial charge in [0.05, 0.1) is 25.2 Å². The van der Waals surface area contributed by atoms with Gasteiger partial charge in [-0.25, -0.2) is 4.68 Å². The zero-order valence-corrected chi connectivity index (χ0v) is 6.71. The molecule has 1 aliphatic rings. The van der Waals surface area contributed by atoms with Crippen LogP contribution in [-0.4, -0.2) is 44.6 Å². The molecule has 1 N–H and O–H groups in total. The van der Waals surface area contributed by atoms with Crippen molar-refractivity contribution in [1.82, 2.24) is 20.2 Å². The molecule has 12 heavy (non-hydrogen) atoms. The first-order valence-corrected chi connectivity index (χ1v) is 3.77. The second kappa shape index (κ2) is 2.80. The number of aliphatic hydroxyl groups is 1. The van der Waals surface area contributed by atoms with Crippen molar-refractivity contribution in [3.05, 3.63) is 5.82 Å². The summed E-state index contributed by atoms with van der Waals surface area (Å²) in [7, 11) is 1.75. The van der Waals surface area contributed by atoms with Gasteiger partial charge in [0.25, 0.3) is 0 Å². The van der Waals surface area contributed by atoms with Crippen LogP contribution < -0.4 is 0 Å². The lowest BCUT2D eigenvalue weighted by atomic mass is 10.1. The number of nitrogens with zero attached hydrogens (tertiary/aromatic N) is 4. The Bertz CT molecular complexity index is 274. The van der Waals surface area contributed by atoms with E-state index in [1.165, 1.54) is 0 Å². The molecular formula is C6H10N4O2. The van der Waals surface area contributed by atoms with Crippen LogP contribution in [0.25, 0.3) is 0 Å². The molecular weight excluding hydrogens is 160 g/mol. The predicted octanol–water partition coefficient (Wildman–Crippen LogP) is -1.32. The van der Waals surface area contributed by atoms with Crippen molar-refractivity contribution < 1.29 is 9.84 Å². The van der Waals surface area contributed by atoms with E-state index in [-0.39, 0.29) is 5.92 Å². The first-order valence-electron chi connectivity index (χ1n) is 3.77. The first kappa shape index (κ1) is 7.63. The quantitative estimate of drug-likeness (QED) is 0.566. The summed E-state index contributed by atoms with van der Waals surface area (Å²) in [5.74, 6) is 0.602. The van der Waals surface area contributed by atoms with Crippen LogP contribution in [0.15, 0.2) is 0 Å². The van der Waals surface area contributed by atoms with E-state index in [9.17, 15) is 5.11 Å². The lowest BCUT2D eigenvalue weighted by Gasteiger charge is -2.08. The van der Waals surface area contributed by atoms with E-state index in [1.807, 2.05) is 0 Å². The molecule has 6 nitrogen and oxygen atoms in total. The Balaban J connectivity index is 2.24. The molecule has 0 radical (unpaired) electrons. The second-order valence-electron chi connectivity index (χ2n) is 2.87. The fraction of sp³-hybridized carbons (Fsp3) is 0.833. The van der Waals surface area contributed by atoms with Crippen LogP contribution in [0, 0.1) is 0 Å². The molecule has 0 saturated carbocycles. The van der Waals surface area contributed by atoms with E-state index in [4.69, 9.17) is 4.74 Å². The third-order valence-electron chi connectivity index (χ3n) is 2.04. The summed E-state index contributed by atoms with van der Waals surface area (Å²) in [4.78, 5) is 0. The number of ether oxygens (including phenoxy) is 1. The number of hydrogen-bond acceptors (Lipinski definition) is 5. The third-order valence-corrected chi connectivity index (χ3v) is 2.04. The van der Waals surface area contributed by atoms with Crippen molar-refractivity contribution in [2.75, 3.05) is 13.2 Å². The van der Waals surface area contributed by atoms with Crippen LogP contribution in [0.2, 0.25) is 0 Å². The molecule has 1 fully saturated rings. The van der Waals surface area contributed by atoms with Crippen LogP contribution in [0.5, 0.6) is 0 Å². The number of rotatable bonds is 1. The molecule has 2 atom stereocenters. The summed E-state index contributed by atoms with van der Waals surface area (Å²) in [6.45, 7) is 0.868. The highest BCUT2D eigenvalue weighted by Gasteiger charge is 2.31. The van der Waals surface area contributed by atoms with Crippen LogP contribution in [0.1, 0.15) is 11.7 Å². The standard InChI is InChI=1S/C6H10N4O2/c1-10-6(7-8-9-10)4-2-12-3-5(4)11/h4-5,11H,2-3H2,1H3/t4-,5-/m1/s1. The molecule has 6 heteroatoms. The van der Waals surface area contributed by atoms with Crippen molar-refractivity contribution >= 4 is 0 Å². The van der Waals surface area contributed by atoms with Gasteiger partial charge in [-0.05, 0) is 10.4 Å². The summed E-state index contributed by atoms with van der Waals surface area (Å²) >= 11 is 0. The Morgan fingerprint density at radius 3 is 2.92 bits per heavy atom. The summed E-state index contributed by atoms with van der Waals surface area (Å²) < 4.78 is 6.65.